The number of ether oxygens (including phenoxy) is 1. The van der Waals surface area contributed by atoms with Crippen molar-refractivity contribution in [1.82, 2.24) is 20.3 Å². The van der Waals surface area contributed by atoms with Crippen molar-refractivity contribution >= 4 is 22.6 Å². The number of nitrogens with zero attached hydrogens (tertiary/aromatic N) is 2. The van der Waals surface area contributed by atoms with Crippen LogP contribution in [-0.4, -0.2) is 35.0 Å². The summed E-state index contributed by atoms with van der Waals surface area (Å²) in [5.41, 5.74) is 3.54. The third-order valence-corrected chi connectivity index (χ3v) is 6.06. The highest BCUT2D eigenvalue weighted by Gasteiger charge is 2.29. The topological polar surface area (TPSA) is 91.9 Å². The molecule has 1 aliphatic rings. The van der Waals surface area contributed by atoms with Gasteiger partial charge in [-0.2, -0.15) is 0 Å². The fourth-order valence-corrected chi connectivity index (χ4v) is 4.07. The van der Waals surface area contributed by atoms with Gasteiger partial charge < -0.3 is 20.4 Å². The lowest BCUT2D eigenvalue weighted by Gasteiger charge is -2.20. The SMILES string of the molecule is CNc1cc(C(Cc2c[nH]c3ccccc23)NC(=O)c2cccc(OC)c2)nc(C2CC2)n1. The first-order chi connectivity index (χ1) is 16.1. The number of methoxy groups -OCH3 is 1. The minimum atomic E-state index is -0.324. The molecule has 1 saturated carbocycles. The summed E-state index contributed by atoms with van der Waals surface area (Å²) in [5, 5.41) is 7.50. The van der Waals surface area contributed by atoms with Crippen LogP contribution in [0.1, 0.15) is 52.2 Å². The zero-order chi connectivity index (χ0) is 22.8. The van der Waals surface area contributed by atoms with Crippen molar-refractivity contribution in [3.63, 3.8) is 0 Å². The first kappa shape index (κ1) is 21.0. The molecule has 7 nitrogen and oxygen atoms in total. The number of nitrogens with one attached hydrogen (secondary N) is 3. The second kappa shape index (κ2) is 8.94. The van der Waals surface area contributed by atoms with Gasteiger partial charge in [0.05, 0.1) is 18.8 Å². The first-order valence-electron chi connectivity index (χ1n) is 11.2. The number of hydrogen-bond acceptors (Lipinski definition) is 5. The van der Waals surface area contributed by atoms with Gasteiger partial charge in [-0.25, -0.2) is 9.97 Å². The molecule has 1 atom stereocenters. The second-order valence-electron chi connectivity index (χ2n) is 8.38. The third-order valence-electron chi connectivity index (χ3n) is 6.06. The number of rotatable bonds is 8. The van der Waals surface area contributed by atoms with E-state index in [9.17, 15) is 4.79 Å². The Kier molecular flexibility index (Phi) is 5.69. The van der Waals surface area contributed by atoms with Crippen LogP contribution in [0.3, 0.4) is 0 Å². The Balaban J connectivity index is 1.51. The van der Waals surface area contributed by atoms with Crippen molar-refractivity contribution in [2.45, 2.75) is 31.2 Å². The molecule has 0 radical (unpaired) electrons. The normalized spacial score (nSPS) is 14.1. The lowest BCUT2D eigenvalue weighted by Crippen LogP contribution is -2.31. The van der Waals surface area contributed by atoms with Gasteiger partial charge in [-0.1, -0.05) is 24.3 Å². The summed E-state index contributed by atoms with van der Waals surface area (Å²) in [5.74, 6) is 2.49. The van der Waals surface area contributed by atoms with E-state index in [0.717, 1.165) is 46.6 Å². The van der Waals surface area contributed by atoms with Crippen LogP contribution in [0.4, 0.5) is 5.82 Å². The number of H-pyrrole nitrogens is 1. The smallest absolute Gasteiger partial charge is 0.251 e. The second-order valence-corrected chi connectivity index (χ2v) is 8.38. The molecule has 0 bridgehead atoms. The summed E-state index contributed by atoms with van der Waals surface area (Å²) in [6, 6.07) is 17.0. The van der Waals surface area contributed by atoms with Crippen LogP contribution < -0.4 is 15.4 Å². The molecule has 0 spiro atoms. The molecule has 2 aromatic heterocycles. The van der Waals surface area contributed by atoms with Gasteiger partial charge in [-0.05, 0) is 42.7 Å². The maximum atomic E-state index is 13.2. The number of carbonyl (C=O) groups excluding carboxylic acids is 1. The Labute approximate surface area is 192 Å². The third kappa shape index (κ3) is 4.53. The van der Waals surface area contributed by atoms with Crippen LogP contribution in [-0.2, 0) is 6.42 Å². The molecule has 33 heavy (non-hydrogen) atoms. The number of aromatic nitrogens is 3. The molecule has 2 aromatic carbocycles. The Morgan fingerprint density at radius 2 is 2.00 bits per heavy atom. The van der Waals surface area contributed by atoms with Crippen LogP contribution in [0, 0.1) is 0 Å². The standard InChI is InChI=1S/C26H27N5O2/c1-27-24-14-23(29-25(31-24)16-10-11-16)22(13-18-15-28-21-9-4-3-8-20(18)21)30-26(32)17-6-5-7-19(12-17)33-2/h3-9,12,14-16,22,28H,10-11,13H2,1-2H3,(H,30,32)(H,27,29,31). The van der Waals surface area contributed by atoms with E-state index in [2.05, 4.69) is 32.7 Å². The number of anilines is 1. The molecule has 168 valence electrons. The summed E-state index contributed by atoms with van der Waals surface area (Å²) >= 11 is 0. The van der Waals surface area contributed by atoms with Gasteiger partial charge in [-0.15, -0.1) is 0 Å². The first-order valence-corrected chi connectivity index (χ1v) is 11.2. The summed E-state index contributed by atoms with van der Waals surface area (Å²) < 4.78 is 5.29. The monoisotopic (exact) mass is 441 g/mol. The van der Waals surface area contributed by atoms with Crippen molar-refractivity contribution in [2.24, 2.45) is 0 Å². The number of benzene rings is 2. The quantitative estimate of drug-likeness (QED) is 0.372. The largest absolute Gasteiger partial charge is 0.497 e. The molecule has 5 rings (SSSR count). The van der Waals surface area contributed by atoms with E-state index in [4.69, 9.17) is 9.72 Å². The highest BCUT2D eigenvalue weighted by molar-refractivity contribution is 5.95. The molecule has 2 heterocycles. The van der Waals surface area contributed by atoms with E-state index < -0.39 is 0 Å². The lowest BCUT2D eigenvalue weighted by atomic mass is 10.0. The van der Waals surface area contributed by atoms with E-state index in [1.54, 1.807) is 19.2 Å². The summed E-state index contributed by atoms with van der Waals surface area (Å²) in [4.78, 5) is 26.1. The van der Waals surface area contributed by atoms with Gasteiger partial charge in [-0.3, -0.25) is 4.79 Å². The molecule has 0 saturated heterocycles. The van der Waals surface area contributed by atoms with Gasteiger partial charge in [0.25, 0.3) is 5.91 Å². The van der Waals surface area contributed by atoms with E-state index in [0.29, 0.717) is 23.7 Å². The van der Waals surface area contributed by atoms with Gasteiger partial charge >= 0.3 is 0 Å². The molecule has 7 heteroatoms. The van der Waals surface area contributed by atoms with E-state index in [1.807, 2.05) is 43.6 Å². The Bertz CT molecular complexity index is 1290. The van der Waals surface area contributed by atoms with E-state index in [1.165, 1.54) is 0 Å². The van der Waals surface area contributed by atoms with Crippen molar-refractivity contribution in [3.05, 3.63) is 83.4 Å². The minimum absolute atomic E-state index is 0.170. The van der Waals surface area contributed by atoms with Crippen LogP contribution in [0.5, 0.6) is 5.75 Å². The molecular formula is C26H27N5O2. The zero-order valence-electron chi connectivity index (χ0n) is 18.8. The van der Waals surface area contributed by atoms with E-state index >= 15 is 0 Å². The van der Waals surface area contributed by atoms with Crippen LogP contribution >= 0.6 is 0 Å². The number of carbonyl (C=O) groups is 1. The fraction of sp³-hybridized carbons (Fsp3) is 0.269. The van der Waals surface area contributed by atoms with Gasteiger partial charge in [0.2, 0.25) is 0 Å². The summed E-state index contributed by atoms with van der Waals surface area (Å²) in [7, 11) is 3.45. The predicted molar refractivity (Wildman–Crippen MR) is 129 cm³/mol. The number of aromatic amines is 1. The molecule has 1 amide bonds. The molecular weight excluding hydrogens is 414 g/mol. The Morgan fingerprint density at radius 3 is 2.79 bits per heavy atom. The predicted octanol–water partition coefficient (Wildman–Crippen LogP) is 4.60. The lowest BCUT2D eigenvalue weighted by molar-refractivity contribution is 0.0935. The molecule has 1 unspecified atom stereocenters. The van der Waals surface area contributed by atoms with Crippen LogP contribution in [0.15, 0.2) is 60.8 Å². The number of amides is 1. The molecule has 0 aliphatic heterocycles. The molecule has 3 N–H and O–H groups in total. The highest BCUT2D eigenvalue weighted by Crippen LogP contribution is 2.39. The van der Waals surface area contributed by atoms with Crippen molar-refractivity contribution in [2.75, 3.05) is 19.5 Å². The van der Waals surface area contributed by atoms with Gasteiger partial charge in [0.1, 0.15) is 17.4 Å². The summed E-state index contributed by atoms with van der Waals surface area (Å²) in [6.07, 6.45) is 4.83. The van der Waals surface area contributed by atoms with Crippen molar-refractivity contribution in [3.8, 4) is 5.75 Å². The maximum Gasteiger partial charge on any atom is 0.251 e. The Hall–Kier alpha value is -3.87. The Morgan fingerprint density at radius 1 is 1.15 bits per heavy atom. The summed E-state index contributed by atoms with van der Waals surface area (Å²) in [6.45, 7) is 0. The van der Waals surface area contributed by atoms with Crippen molar-refractivity contribution < 1.29 is 9.53 Å². The highest BCUT2D eigenvalue weighted by atomic mass is 16.5. The maximum absolute atomic E-state index is 13.2. The average Bonchev–Trinajstić information content (AvgIpc) is 3.64. The number of para-hydroxylation sites is 1. The van der Waals surface area contributed by atoms with Gasteiger partial charge in [0, 0.05) is 48.1 Å². The number of hydrogen-bond donors (Lipinski definition) is 3. The van der Waals surface area contributed by atoms with Crippen LogP contribution in [0.2, 0.25) is 0 Å². The van der Waals surface area contributed by atoms with Crippen LogP contribution in [0.25, 0.3) is 10.9 Å². The average molecular weight is 442 g/mol. The molecule has 4 aromatic rings. The van der Waals surface area contributed by atoms with Gasteiger partial charge in [0.15, 0.2) is 0 Å². The number of fused-ring (bicyclic) bond motifs is 1. The fourth-order valence-electron chi connectivity index (χ4n) is 4.07. The molecule has 1 aliphatic carbocycles. The zero-order valence-corrected chi connectivity index (χ0v) is 18.8. The van der Waals surface area contributed by atoms with E-state index in [-0.39, 0.29) is 11.9 Å². The van der Waals surface area contributed by atoms with Crippen molar-refractivity contribution in [1.29, 1.82) is 0 Å². The minimum Gasteiger partial charge on any atom is -0.497 e. The molecule has 1 fully saturated rings.